The maximum atomic E-state index is 14.5. The molecular formula is C30H40Br2O4. The SMILES string of the molecule is CC1(C)C(=O)C(Br)(Br)CC2(C)[C@H]3C(=O)C=C4C56C[C@](C)(CCC5(C)CC[C@@]4(C)C3(C)CC[C@@H]12)C(=O)O6. The van der Waals surface area contributed by atoms with Gasteiger partial charge in [-0.2, -0.15) is 0 Å². The molecule has 1 heterocycles. The second-order valence-corrected chi connectivity index (χ2v) is 19.0. The summed E-state index contributed by atoms with van der Waals surface area (Å²) in [4.78, 5) is 41.2. The molecule has 6 heteroatoms. The molecule has 5 aliphatic carbocycles. The molecule has 6 aliphatic rings. The van der Waals surface area contributed by atoms with Crippen molar-refractivity contribution in [2.24, 2.45) is 44.3 Å². The van der Waals surface area contributed by atoms with E-state index < -0.39 is 19.7 Å². The Morgan fingerprint density at radius 2 is 1.50 bits per heavy atom. The van der Waals surface area contributed by atoms with Gasteiger partial charge in [0.15, 0.2) is 11.6 Å². The fourth-order valence-electron chi connectivity index (χ4n) is 10.9. The van der Waals surface area contributed by atoms with E-state index in [0.29, 0.717) is 12.8 Å². The van der Waals surface area contributed by atoms with Gasteiger partial charge in [0.1, 0.15) is 8.83 Å². The molecule has 0 radical (unpaired) electrons. The van der Waals surface area contributed by atoms with Crippen molar-refractivity contribution in [3.8, 4) is 0 Å². The van der Waals surface area contributed by atoms with Crippen LogP contribution < -0.4 is 0 Å². The molecule has 0 N–H and O–H groups in total. The number of carbonyl (C=O) groups excluding carboxylic acids is 3. The largest absolute Gasteiger partial charge is 0.453 e. The molecule has 36 heavy (non-hydrogen) atoms. The maximum Gasteiger partial charge on any atom is 0.312 e. The van der Waals surface area contributed by atoms with Gasteiger partial charge in [-0.3, -0.25) is 14.4 Å². The fraction of sp³-hybridized carbons (Fsp3) is 0.833. The zero-order valence-corrected chi connectivity index (χ0v) is 25.9. The number of hydrogen-bond donors (Lipinski definition) is 0. The summed E-state index contributed by atoms with van der Waals surface area (Å²) in [5.74, 6) is 0.218. The normalized spacial score (nSPS) is 54.5. The lowest BCUT2D eigenvalue weighted by molar-refractivity contribution is -0.200. The maximum absolute atomic E-state index is 14.5. The second-order valence-electron chi connectivity index (χ2n) is 15.2. The predicted molar refractivity (Wildman–Crippen MR) is 146 cm³/mol. The van der Waals surface area contributed by atoms with Crippen LogP contribution in [0.25, 0.3) is 0 Å². The van der Waals surface area contributed by atoms with E-state index in [9.17, 15) is 14.4 Å². The molecule has 198 valence electrons. The topological polar surface area (TPSA) is 60.4 Å². The number of Topliss-reactive ketones (excluding diaryl/α,β-unsaturated/α-hetero) is 1. The van der Waals surface area contributed by atoms with Crippen LogP contribution in [0.3, 0.4) is 0 Å². The number of carbonyl (C=O) groups is 3. The Bertz CT molecular complexity index is 1160. The van der Waals surface area contributed by atoms with E-state index in [1.54, 1.807) is 0 Å². The molecule has 0 aromatic rings. The minimum atomic E-state index is -0.825. The van der Waals surface area contributed by atoms with Crippen LogP contribution in [0.4, 0.5) is 0 Å². The molecular weight excluding hydrogens is 584 g/mol. The van der Waals surface area contributed by atoms with E-state index >= 15 is 0 Å². The molecule has 2 bridgehead atoms. The molecule has 6 rings (SSSR count). The summed E-state index contributed by atoms with van der Waals surface area (Å²) in [7, 11) is 0. The predicted octanol–water partition coefficient (Wildman–Crippen LogP) is 7.31. The van der Waals surface area contributed by atoms with Gasteiger partial charge in [0.05, 0.1) is 5.41 Å². The molecule has 0 aromatic heterocycles. The Kier molecular flexibility index (Phi) is 4.87. The highest BCUT2D eigenvalue weighted by molar-refractivity contribution is 9.25. The Balaban J connectivity index is 1.55. The molecule has 4 unspecified atom stereocenters. The lowest BCUT2D eigenvalue weighted by atomic mass is 9.33. The van der Waals surface area contributed by atoms with Gasteiger partial charge in [0.2, 0.25) is 0 Å². The van der Waals surface area contributed by atoms with Crippen LogP contribution in [0.2, 0.25) is 0 Å². The summed E-state index contributed by atoms with van der Waals surface area (Å²) in [6.45, 7) is 15.5. The van der Waals surface area contributed by atoms with Gasteiger partial charge in [0, 0.05) is 23.2 Å². The van der Waals surface area contributed by atoms with Crippen molar-refractivity contribution in [2.45, 2.75) is 109 Å². The Labute approximate surface area is 232 Å². The number of ether oxygens (including phenoxy) is 1. The quantitative estimate of drug-likeness (QED) is 0.210. The van der Waals surface area contributed by atoms with Crippen molar-refractivity contribution < 1.29 is 19.1 Å². The van der Waals surface area contributed by atoms with Crippen molar-refractivity contribution in [1.82, 2.24) is 0 Å². The summed E-state index contributed by atoms with van der Waals surface area (Å²) in [6, 6.07) is 0. The Hall–Kier alpha value is -0.490. The molecule has 1 aliphatic heterocycles. The van der Waals surface area contributed by atoms with Crippen molar-refractivity contribution in [1.29, 1.82) is 0 Å². The molecule has 0 amide bonds. The monoisotopic (exact) mass is 622 g/mol. The number of rotatable bonds is 0. The van der Waals surface area contributed by atoms with Crippen LogP contribution in [0, 0.1) is 44.3 Å². The van der Waals surface area contributed by atoms with Crippen LogP contribution in [0.1, 0.15) is 99.8 Å². The first-order chi connectivity index (χ1) is 16.3. The van der Waals surface area contributed by atoms with Crippen LogP contribution >= 0.6 is 31.9 Å². The van der Waals surface area contributed by atoms with Crippen molar-refractivity contribution in [2.75, 3.05) is 0 Å². The number of fused-ring (bicyclic) bond motifs is 6. The third-order valence-corrected chi connectivity index (χ3v) is 14.4. The second kappa shape index (κ2) is 6.80. The number of ketones is 2. The summed E-state index contributed by atoms with van der Waals surface area (Å²) in [5, 5.41) is 0. The summed E-state index contributed by atoms with van der Waals surface area (Å²) < 4.78 is 5.66. The van der Waals surface area contributed by atoms with Gasteiger partial charge in [0.25, 0.3) is 0 Å². The first kappa shape index (κ1) is 25.8. The number of halogens is 2. The summed E-state index contributed by atoms with van der Waals surface area (Å²) in [5.41, 5.74) is -1.56. The molecule has 1 saturated heterocycles. The van der Waals surface area contributed by atoms with Crippen molar-refractivity contribution in [3.63, 3.8) is 0 Å². The Morgan fingerprint density at radius 3 is 2.17 bits per heavy atom. The average Bonchev–Trinajstić information content (AvgIpc) is 2.98. The molecule has 4 nitrogen and oxygen atoms in total. The minimum absolute atomic E-state index is 0.0809. The van der Waals surface area contributed by atoms with E-state index in [1.807, 2.05) is 6.08 Å². The van der Waals surface area contributed by atoms with Crippen LogP contribution in [-0.4, -0.2) is 26.4 Å². The van der Waals surface area contributed by atoms with Gasteiger partial charge >= 0.3 is 5.97 Å². The zero-order chi connectivity index (χ0) is 26.5. The van der Waals surface area contributed by atoms with E-state index in [0.717, 1.165) is 44.1 Å². The molecule has 5 fully saturated rings. The first-order valence-electron chi connectivity index (χ1n) is 13.8. The Morgan fingerprint density at radius 1 is 0.861 bits per heavy atom. The zero-order valence-electron chi connectivity index (χ0n) is 22.8. The highest BCUT2D eigenvalue weighted by Gasteiger charge is 2.77. The van der Waals surface area contributed by atoms with Gasteiger partial charge in [-0.05, 0) is 85.7 Å². The number of alkyl halides is 2. The highest BCUT2D eigenvalue weighted by atomic mass is 79.9. The standard InChI is InChI=1S/C30H40Br2O4/c1-23(2)18-8-9-28(7)20(26(18,5)16-30(31,32)21(23)34)17(33)14-19-27(28,6)13-12-25(4)11-10-24(3)15-29(19,25)36-22(24)35/h14,18,20H,8-13,15-16H2,1-7H3/t18-,20+,24-,25?,26?,27+,28?,29?/m0/s1. The van der Waals surface area contributed by atoms with Crippen LogP contribution in [-0.2, 0) is 19.1 Å². The van der Waals surface area contributed by atoms with Gasteiger partial charge in [-0.1, -0.05) is 73.4 Å². The van der Waals surface area contributed by atoms with Gasteiger partial charge < -0.3 is 4.74 Å². The van der Waals surface area contributed by atoms with E-state index in [2.05, 4.69) is 80.3 Å². The van der Waals surface area contributed by atoms with Crippen molar-refractivity contribution in [3.05, 3.63) is 11.6 Å². The number of allylic oxidation sites excluding steroid dienone is 1. The summed E-state index contributed by atoms with van der Waals surface area (Å²) in [6.07, 6.45) is 8.89. The first-order valence-corrected chi connectivity index (χ1v) is 15.3. The lowest BCUT2D eigenvalue weighted by Gasteiger charge is -2.71. The number of esters is 1. The molecule has 1 spiro atoms. The number of hydrogen-bond acceptors (Lipinski definition) is 4. The van der Waals surface area contributed by atoms with E-state index in [1.165, 1.54) is 0 Å². The lowest BCUT2D eigenvalue weighted by Crippen LogP contribution is -2.70. The smallest absolute Gasteiger partial charge is 0.312 e. The minimum Gasteiger partial charge on any atom is -0.453 e. The van der Waals surface area contributed by atoms with Crippen LogP contribution in [0.15, 0.2) is 11.6 Å². The van der Waals surface area contributed by atoms with Gasteiger partial charge in [-0.25, -0.2) is 0 Å². The van der Waals surface area contributed by atoms with Gasteiger partial charge in [-0.15, -0.1) is 0 Å². The fourth-order valence-corrected chi connectivity index (χ4v) is 13.1. The third kappa shape index (κ3) is 2.61. The van der Waals surface area contributed by atoms with Crippen molar-refractivity contribution >= 4 is 49.4 Å². The van der Waals surface area contributed by atoms with E-state index in [-0.39, 0.29) is 51.0 Å². The van der Waals surface area contributed by atoms with E-state index in [4.69, 9.17) is 4.74 Å². The average molecular weight is 624 g/mol. The highest BCUT2D eigenvalue weighted by Crippen LogP contribution is 2.78. The van der Waals surface area contributed by atoms with Crippen LogP contribution in [0.5, 0.6) is 0 Å². The third-order valence-electron chi connectivity index (χ3n) is 13.1. The molecule has 4 saturated carbocycles. The summed E-state index contributed by atoms with van der Waals surface area (Å²) >= 11 is 7.48. The molecule has 0 aromatic carbocycles. The molecule has 8 atom stereocenters.